The Labute approximate surface area is 109 Å². The molecule has 0 fully saturated rings. The van der Waals surface area contributed by atoms with Gasteiger partial charge in [0.2, 0.25) is 0 Å². The molecule has 0 saturated carbocycles. The molecule has 1 aromatic carbocycles. The molecule has 0 aliphatic rings. The number of guanidine groups is 1. The number of rotatable bonds is 5. The van der Waals surface area contributed by atoms with E-state index < -0.39 is 0 Å². The zero-order valence-electron chi connectivity index (χ0n) is 11.7. The molecule has 18 heavy (non-hydrogen) atoms. The van der Waals surface area contributed by atoms with Crippen LogP contribution >= 0.6 is 0 Å². The summed E-state index contributed by atoms with van der Waals surface area (Å²) in [4.78, 5) is 4.02. The van der Waals surface area contributed by atoms with E-state index in [4.69, 9.17) is 4.74 Å². The number of ether oxygens (including phenoxy) is 1. The summed E-state index contributed by atoms with van der Waals surface area (Å²) in [6, 6.07) is 8.25. The minimum Gasteiger partial charge on any atom is -0.492 e. The molecule has 0 amide bonds. The lowest BCUT2D eigenvalue weighted by Gasteiger charge is -2.11. The second kappa shape index (κ2) is 7.58. The van der Waals surface area contributed by atoms with Crippen molar-refractivity contribution in [3.63, 3.8) is 0 Å². The fourth-order valence-corrected chi connectivity index (χ4v) is 1.57. The lowest BCUT2D eigenvalue weighted by molar-refractivity contribution is 0.322. The van der Waals surface area contributed by atoms with Crippen molar-refractivity contribution in [2.24, 2.45) is 4.99 Å². The Bertz CT molecular complexity index is 371. The summed E-state index contributed by atoms with van der Waals surface area (Å²) in [5.41, 5.74) is 1.33. The van der Waals surface area contributed by atoms with Crippen LogP contribution in [0.25, 0.3) is 0 Å². The summed E-state index contributed by atoms with van der Waals surface area (Å²) in [6.07, 6.45) is 0. The first-order valence-electron chi connectivity index (χ1n) is 6.28. The van der Waals surface area contributed by atoms with Gasteiger partial charge in [-0.2, -0.15) is 0 Å². The van der Waals surface area contributed by atoms with Crippen molar-refractivity contribution in [3.8, 4) is 5.75 Å². The summed E-state index contributed by atoms with van der Waals surface area (Å²) in [6.45, 7) is 5.70. The fourth-order valence-electron chi connectivity index (χ4n) is 1.57. The maximum atomic E-state index is 5.63. The van der Waals surface area contributed by atoms with E-state index in [1.807, 2.05) is 19.2 Å². The highest BCUT2D eigenvalue weighted by Gasteiger charge is 1.99. The maximum Gasteiger partial charge on any atom is 0.190 e. The molecule has 2 N–H and O–H groups in total. The number of nitrogens with zero attached hydrogens (tertiary/aromatic N) is 1. The molecular weight excluding hydrogens is 226 g/mol. The third-order valence-corrected chi connectivity index (χ3v) is 2.67. The van der Waals surface area contributed by atoms with E-state index in [2.05, 4.69) is 41.6 Å². The van der Waals surface area contributed by atoms with E-state index in [1.54, 1.807) is 7.05 Å². The summed E-state index contributed by atoms with van der Waals surface area (Å²) >= 11 is 0. The van der Waals surface area contributed by atoms with Crippen LogP contribution in [0.2, 0.25) is 0 Å². The standard InChI is InChI=1S/C14H23N3O/c1-11(2)12-5-7-13(8-6-12)18-10-9-17-14(15-3)16-4/h5-8,11H,9-10H2,1-4H3,(H2,15,16,17). The molecule has 0 aliphatic carbocycles. The van der Waals surface area contributed by atoms with Crippen molar-refractivity contribution in [1.29, 1.82) is 0 Å². The normalized spacial score (nSPS) is 11.5. The number of nitrogens with one attached hydrogen (secondary N) is 2. The maximum absolute atomic E-state index is 5.63. The molecule has 0 heterocycles. The first-order chi connectivity index (χ1) is 8.67. The summed E-state index contributed by atoms with van der Waals surface area (Å²) < 4.78 is 5.63. The Morgan fingerprint density at radius 3 is 2.44 bits per heavy atom. The monoisotopic (exact) mass is 249 g/mol. The van der Waals surface area contributed by atoms with E-state index >= 15 is 0 Å². The van der Waals surface area contributed by atoms with E-state index in [1.165, 1.54) is 5.56 Å². The minimum absolute atomic E-state index is 0.555. The largest absolute Gasteiger partial charge is 0.492 e. The lowest BCUT2D eigenvalue weighted by Crippen LogP contribution is -2.37. The quantitative estimate of drug-likeness (QED) is 0.476. The van der Waals surface area contributed by atoms with Gasteiger partial charge >= 0.3 is 0 Å². The van der Waals surface area contributed by atoms with Crippen LogP contribution in [-0.2, 0) is 0 Å². The van der Waals surface area contributed by atoms with Gasteiger partial charge in [-0.15, -0.1) is 0 Å². The molecule has 0 aliphatic heterocycles. The molecule has 0 bridgehead atoms. The molecule has 0 radical (unpaired) electrons. The molecule has 1 aromatic rings. The van der Waals surface area contributed by atoms with Crippen molar-refractivity contribution < 1.29 is 4.74 Å². The predicted molar refractivity (Wildman–Crippen MR) is 76.4 cm³/mol. The van der Waals surface area contributed by atoms with Crippen molar-refractivity contribution >= 4 is 5.96 Å². The molecule has 4 nitrogen and oxygen atoms in total. The predicted octanol–water partition coefficient (Wildman–Crippen LogP) is 1.98. The van der Waals surface area contributed by atoms with Crippen LogP contribution in [0.5, 0.6) is 5.75 Å². The number of benzene rings is 1. The van der Waals surface area contributed by atoms with Crippen molar-refractivity contribution in [1.82, 2.24) is 10.6 Å². The van der Waals surface area contributed by atoms with Crippen molar-refractivity contribution in [2.75, 3.05) is 27.2 Å². The van der Waals surface area contributed by atoms with Gasteiger partial charge in [-0.3, -0.25) is 4.99 Å². The molecule has 1 rings (SSSR count). The van der Waals surface area contributed by atoms with Crippen molar-refractivity contribution in [3.05, 3.63) is 29.8 Å². The highest BCUT2D eigenvalue weighted by atomic mass is 16.5. The highest BCUT2D eigenvalue weighted by Crippen LogP contribution is 2.18. The van der Waals surface area contributed by atoms with E-state index in [0.29, 0.717) is 12.5 Å². The molecule has 0 unspecified atom stereocenters. The number of hydrogen-bond donors (Lipinski definition) is 2. The topological polar surface area (TPSA) is 45.7 Å². The molecule has 4 heteroatoms. The van der Waals surface area contributed by atoms with Crippen LogP contribution in [-0.4, -0.2) is 33.2 Å². The zero-order chi connectivity index (χ0) is 13.4. The van der Waals surface area contributed by atoms with Crippen molar-refractivity contribution in [2.45, 2.75) is 19.8 Å². The molecule has 100 valence electrons. The van der Waals surface area contributed by atoms with Gasteiger partial charge < -0.3 is 15.4 Å². The molecule has 0 aromatic heterocycles. The number of aliphatic imine (C=N–C) groups is 1. The van der Waals surface area contributed by atoms with Gasteiger partial charge in [0.1, 0.15) is 12.4 Å². The molecular formula is C14H23N3O. The van der Waals surface area contributed by atoms with Gasteiger partial charge in [0, 0.05) is 14.1 Å². The van der Waals surface area contributed by atoms with Gasteiger partial charge in [0.25, 0.3) is 0 Å². The molecule has 0 saturated heterocycles. The van der Waals surface area contributed by atoms with E-state index in [9.17, 15) is 0 Å². The van der Waals surface area contributed by atoms with E-state index in [0.717, 1.165) is 18.3 Å². The zero-order valence-corrected chi connectivity index (χ0v) is 11.7. The van der Waals surface area contributed by atoms with Gasteiger partial charge in [0.05, 0.1) is 6.54 Å². The summed E-state index contributed by atoms with van der Waals surface area (Å²) in [5.74, 6) is 2.23. The second-order valence-electron chi connectivity index (χ2n) is 4.32. The third-order valence-electron chi connectivity index (χ3n) is 2.67. The Morgan fingerprint density at radius 2 is 1.94 bits per heavy atom. The fraction of sp³-hybridized carbons (Fsp3) is 0.500. The third kappa shape index (κ3) is 4.65. The Morgan fingerprint density at radius 1 is 1.28 bits per heavy atom. The molecule has 0 spiro atoms. The van der Waals surface area contributed by atoms with Crippen LogP contribution in [0.3, 0.4) is 0 Å². The smallest absolute Gasteiger partial charge is 0.190 e. The van der Waals surface area contributed by atoms with Gasteiger partial charge in [0.15, 0.2) is 5.96 Å². The molecule has 0 atom stereocenters. The summed E-state index contributed by atoms with van der Waals surface area (Å²) in [5, 5.41) is 6.09. The minimum atomic E-state index is 0.555. The average Bonchev–Trinajstić information content (AvgIpc) is 2.39. The summed E-state index contributed by atoms with van der Waals surface area (Å²) in [7, 11) is 3.57. The van der Waals surface area contributed by atoms with Gasteiger partial charge in [-0.1, -0.05) is 26.0 Å². The Kier molecular flexibility index (Phi) is 6.05. The Balaban J connectivity index is 2.31. The highest BCUT2D eigenvalue weighted by molar-refractivity contribution is 5.79. The first kappa shape index (κ1) is 14.4. The second-order valence-corrected chi connectivity index (χ2v) is 4.32. The lowest BCUT2D eigenvalue weighted by atomic mass is 10.0. The van der Waals surface area contributed by atoms with Crippen LogP contribution in [0.15, 0.2) is 29.3 Å². The van der Waals surface area contributed by atoms with Gasteiger partial charge in [-0.05, 0) is 23.6 Å². The average molecular weight is 249 g/mol. The SMILES string of the molecule is CN=C(NC)NCCOc1ccc(C(C)C)cc1. The first-order valence-corrected chi connectivity index (χ1v) is 6.28. The van der Waals surface area contributed by atoms with Crippen LogP contribution in [0.4, 0.5) is 0 Å². The van der Waals surface area contributed by atoms with Crippen LogP contribution in [0.1, 0.15) is 25.3 Å². The number of hydrogen-bond acceptors (Lipinski definition) is 2. The van der Waals surface area contributed by atoms with Gasteiger partial charge in [-0.25, -0.2) is 0 Å². The van der Waals surface area contributed by atoms with Crippen LogP contribution < -0.4 is 15.4 Å². The van der Waals surface area contributed by atoms with E-state index in [-0.39, 0.29) is 0 Å². The Hall–Kier alpha value is -1.71. The van der Waals surface area contributed by atoms with Crippen LogP contribution in [0, 0.1) is 0 Å².